The molecule has 1 heterocycles. The molecule has 1 aromatic rings. The lowest BCUT2D eigenvalue weighted by Gasteiger charge is -2.14. The van der Waals surface area contributed by atoms with Gasteiger partial charge < -0.3 is 10.1 Å². The number of aromatic nitrogens is 3. The topological polar surface area (TPSA) is 86.1 Å². The van der Waals surface area contributed by atoms with Crippen LogP contribution >= 0.6 is 0 Å². The minimum absolute atomic E-state index is 0.0422. The summed E-state index contributed by atoms with van der Waals surface area (Å²) in [6, 6.07) is 0.168. The SMILES string of the molecule is CCC(CC)NC(=O)Cn1cc(C(=O)OC)nn1. The highest BCUT2D eigenvalue weighted by Gasteiger charge is 2.13. The van der Waals surface area contributed by atoms with Gasteiger partial charge in [0.15, 0.2) is 5.69 Å². The first-order chi connectivity index (χ1) is 8.60. The summed E-state index contributed by atoms with van der Waals surface area (Å²) >= 11 is 0. The van der Waals surface area contributed by atoms with Crippen LogP contribution in [0.3, 0.4) is 0 Å². The van der Waals surface area contributed by atoms with E-state index in [4.69, 9.17) is 0 Å². The van der Waals surface area contributed by atoms with Crippen molar-refractivity contribution in [1.82, 2.24) is 20.3 Å². The minimum atomic E-state index is -0.568. The summed E-state index contributed by atoms with van der Waals surface area (Å²) < 4.78 is 5.81. The van der Waals surface area contributed by atoms with Gasteiger partial charge in [-0.15, -0.1) is 5.10 Å². The molecule has 0 unspecified atom stereocenters. The minimum Gasteiger partial charge on any atom is -0.464 e. The van der Waals surface area contributed by atoms with Gasteiger partial charge in [-0.2, -0.15) is 0 Å². The van der Waals surface area contributed by atoms with Crippen LogP contribution in [0.5, 0.6) is 0 Å². The van der Waals surface area contributed by atoms with Crippen LogP contribution in [0.1, 0.15) is 37.2 Å². The molecule has 1 rings (SSSR count). The van der Waals surface area contributed by atoms with Gasteiger partial charge in [0, 0.05) is 6.04 Å². The molecule has 1 amide bonds. The van der Waals surface area contributed by atoms with Gasteiger partial charge in [0.2, 0.25) is 5.91 Å². The molecule has 7 nitrogen and oxygen atoms in total. The van der Waals surface area contributed by atoms with E-state index in [0.717, 1.165) is 12.8 Å². The fraction of sp³-hybridized carbons (Fsp3) is 0.636. The maximum Gasteiger partial charge on any atom is 0.360 e. The molecule has 0 atom stereocenters. The van der Waals surface area contributed by atoms with Gasteiger partial charge >= 0.3 is 5.97 Å². The Morgan fingerprint density at radius 1 is 1.44 bits per heavy atom. The Balaban J connectivity index is 2.54. The number of amides is 1. The van der Waals surface area contributed by atoms with Crippen molar-refractivity contribution in [1.29, 1.82) is 0 Å². The molecule has 0 radical (unpaired) electrons. The van der Waals surface area contributed by atoms with E-state index in [0.29, 0.717) is 0 Å². The van der Waals surface area contributed by atoms with E-state index in [-0.39, 0.29) is 24.2 Å². The van der Waals surface area contributed by atoms with E-state index >= 15 is 0 Å². The van der Waals surface area contributed by atoms with Crippen LogP contribution in [-0.2, 0) is 16.1 Å². The summed E-state index contributed by atoms with van der Waals surface area (Å²) in [5.74, 6) is -0.716. The van der Waals surface area contributed by atoms with Crippen molar-refractivity contribution in [3.05, 3.63) is 11.9 Å². The zero-order chi connectivity index (χ0) is 13.5. The quantitative estimate of drug-likeness (QED) is 0.741. The number of ether oxygens (including phenoxy) is 1. The van der Waals surface area contributed by atoms with Gasteiger partial charge in [-0.25, -0.2) is 9.48 Å². The number of nitrogens with zero attached hydrogens (tertiary/aromatic N) is 3. The molecule has 1 aromatic heterocycles. The Morgan fingerprint density at radius 3 is 2.67 bits per heavy atom. The first-order valence-electron chi connectivity index (χ1n) is 5.88. The van der Waals surface area contributed by atoms with Crippen molar-refractivity contribution >= 4 is 11.9 Å². The van der Waals surface area contributed by atoms with Gasteiger partial charge in [0.1, 0.15) is 6.54 Å². The van der Waals surface area contributed by atoms with Crippen molar-refractivity contribution in [2.45, 2.75) is 39.3 Å². The molecule has 0 aromatic carbocycles. The predicted molar refractivity (Wildman–Crippen MR) is 63.9 cm³/mol. The van der Waals surface area contributed by atoms with E-state index in [9.17, 15) is 9.59 Å². The lowest BCUT2D eigenvalue weighted by atomic mass is 10.2. The zero-order valence-electron chi connectivity index (χ0n) is 10.8. The van der Waals surface area contributed by atoms with E-state index in [1.807, 2.05) is 13.8 Å². The molecule has 7 heteroatoms. The van der Waals surface area contributed by atoms with E-state index in [1.165, 1.54) is 18.0 Å². The Morgan fingerprint density at radius 2 is 2.11 bits per heavy atom. The van der Waals surface area contributed by atoms with E-state index < -0.39 is 5.97 Å². The molecule has 0 aliphatic carbocycles. The molecule has 1 N–H and O–H groups in total. The molecule has 0 saturated carbocycles. The van der Waals surface area contributed by atoms with Gasteiger partial charge in [0.05, 0.1) is 13.3 Å². The molecule has 0 aliphatic rings. The highest BCUT2D eigenvalue weighted by Crippen LogP contribution is 1.98. The maximum atomic E-state index is 11.7. The van der Waals surface area contributed by atoms with Crippen molar-refractivity contribution in [3.63, 3.8) is 0 Å². The number of rotatable bonds is 6. The maximum absolute atomic E-state index is 11.7. The first-order valence-corrected chi connectivity index (χ1v) is 5.88. The normalized spacial score (nSPS) is 10.4. The summed E-state index contributed by atoms with van der Waals surface area (Å²) in [4.78, 5) is 22.8. The summed E-state index contributed by atoms with van der Waals surface area (Å²) in [7, 11) is 1.27. The second-order valence-corrected chi connectivity index (χ2v) is 3.87. The number of esters is 1. The highest BCUT2D eigenvalue weighted by molar-refractivity contribution is 5.86. The molecule has 100 valence electrons. The Hall–Kier alpha value is -1.92. The Labute approximate surface area is 105 Å². The van der Waals surface area contributed by atoms with Crippen LogP contribution in [0, 0.1) is 0 Å². The highest BCUT2D eigenvalue weighted by atomic mass is 16.5. The third-order valence-electron chi connectivity index (χ3n) is 2.59. The van der Waals surface area contributed by atoms with Gasteiger partial charge in [-0.05, 0) is 12.8 Å². The fourth-order valence-electron chi connectivity index (χ4n) is 1.49. The van der Waals surface area contributed by atoms with Crippen molar-refractivity contribution in [3.8, 4) is 0 Å². The first kappa shape index (κ1) is 14.1. The molecule has 0 fully saturated rings. The second-order valence-electron chi connectivity index (χ2n) is 3.87. The smallest absolute Gasteiger partial charge is 0.360 e. The van der Waals surface area contributed by atoms with Crippen LogP contribution < -0.4 is 5.32 Å². The molecule has 0 saturated heterocycles. The molecule has 0 spiro atoms. The van der Waals surface area contributed by atoms with Gasteiger partial charge in [-0.1, -0.05) is 19.1 Å². The largest absolute Gasteiger partial charge is 0.464 e. The fourth-order valence-corrected chi connectivity index (χ4v) is 1.49. The number of carbonyl (C=O) groups excluding carboxylic acids is 2. The summed E-state index contributed by atoms with van der Waals surface area (Å²) in [6.07, 6.45) is 3.15. The number of hydrogen-bond acceptors (Lipinski definition) is 5. The number of carbonyl (C=O) groups is 2. The van der Waals surface area contributed by atoms with Crippen LogP contribution in [0.15, 0.2) is 6.20 Å². The molecule has 0 aliphatic heterocycles. The number of methoxy groups -OCH3 is 1. The lowest BCUT2D eigenvalue weighted by Crippen LogP contribution is -2.36. The third kappa shape index (κ3) is 3.83. The van der Waals surface area contributed by atoms with Crippen LogP contribution in [0.4, 0.5) is 0 Å². The lowest BCUT2D eigenvalue weighted by molar-refractivity contribution is -0.122. The third-order valence-corrected chi connectivity index (χ3v) is 2.59. The van der Waals surface area contributed by atoms with E-state index in [1.54, 1.807) is 0 Å². The number of nitrogens with one attached hydrogen (secondary N) is 1. The zero-order valence-corrected chi connectivity index (χ0v) is 10.8. The molecular formula is C11H18N4O3. The average Bonchev–Trinajstić information content (AvgIpc) is 2.83. The van der Waals surface area contributed by atoms with Crippen molar-refractivity contribution < 1.29 is 14.3 Å². The average molecular weight is 254 g/mol. The standard InChI is InChI=1S/C11H18N4O3/c1-4-8(5-2)12-10(16)7-15-6-9(13-14-15)11(17)18-3/h6,8H,4-5,7H2,1-3H3,(H,12,16). The predicted octanol–water partition coefficient (Wildman–Crippen LogP) is 0.369. The summed E-state index contributed by atoms with van der Waals surface area (Å²) in [5.41, 5.74) is 0.0906. The van der Waals surface area contributed by atoms with Crippen molar-refractivity contribution in [2.75, 3.05) is 7.11 Å². The van der Waals surface area contributed by atoms with Crippen LogP contribution in [-0.4, -0.2) is 40.0 Å². The van der Waals surface area contributed by atoms with Gasteiger partial charge in [-0.3, -0.25) is 4.79 Å². The van der Waals surface area contributed by atoms with E-state index in [2.05, 4.69) is 20.4 Å². The van der Waals surface area contributed by atoms with Crippen LogP contribution in [0.25, 0.3) is 0 Å². The summed E-state index contributed by atoms with van der Waals surface area (Å²) in [5, 5.41) is 10.2. The Kier molecular flexibility index (Phi) is 5.29. The summed E-state index contributed by atoms with van der Waals surface area (Å²) in [6.45, 7) is 4.07. The van der Waals surface area contributed by atoms with Crippen molar-refractivity contribution in [2.24, 2.45) is 0 Å². The Bertz CT molecular complexity index is 412. The second kappa shape index (κ2) is 6.73. The number of hydrogen-bond donors (Lipinski definition) is 1. The van der Waals surface area contributed by atoms with Crippen LogP contribution in [0.2, 0.25) is 0 Å². The molecule has 0 bridgehead atoms. The molecular weight excluding hydrogens is 236 g/mol. The van der Waals surface area contributed by atoms with Gasteiger partial charge in [0.25, 0.3) is 0 Å². The molecule has 18 heavy (non-hydrogen) atoms. The monoisotopic (exact) mass is 254 g/mol.